The number of hydrogen-bond donors (Lipinski definition) is 1. The Kier molecular flexibility index (Phi) is 6.04. The van der Waals surface area contributed by atoms with E-state index < -0.39 is 0 Å². The van der Waals surface area contributed by atoms with Crippen LogP contribution in [0.15, 0.2) is 77.9 Å². The van der Waals surface area contributed by atoms with Gasteiger partial charge in [-0.15, -0.1) is 0 Å². The molecular formula is C26H26N4O3. The van der Waals surface area contributed by atoms with Gasteiger partial charge in [0.1, 0.15) is 5.69 Å². The van der Waals surface area contributed by atoms with E-state index in [4.69, 9.17) is 4.74 Å². The lowest BCUT2D eigenvalue weighted by molar-refractivity contribution is 0.0937. The number of aromatic nitrogens is 3. The highest BCUT2D eigenvalue weighted by atomic mass is 16.5. The van der Waals surface area contributed by atoms with E-state index in [9.17, 15) is 9.59 Å². The van der Waals surface area contributed by atoms with Gasteiger partial charge in [0.15, 0.2) is 0 Å². The predicted octanol–water partition coefficient (Wildman–Crippen LogP) is 3.29. The van der Waals surface area contributed by atoms with Gasteiger partial charge in [-0.25, -0.2) is 0 Å². The molecule has 3 aliphatic rings. The van der Waals surface area contributed by atoms with Crippen LogP contribution in [0.25, 0.3) is 16.9 Å². The fourth-order valence-electron chi connectivity index (χ4n) is 4.26. The van der Waals surface area contributed by atoms with Gasteiger partial charge in [0.25, 0.3) is 11.5 Å². The molecule has 1 amide bonds. The van der Waals surface area contributed by atoms with Crippen molar-refractivity contribution in [3.05, 3.63) is 94.5 Å². The maximum absolute atomic E-state index is 13.2. The van der Waals surface area contributed by atoms with Crippen LogP contribution in [0.1, 0.15) is 28.8 Å². The van der Waals surface area contributed by atoms with Crippen LogP contribution in [-0.4, -0.2) is 39.5 Å². The SMILES string of the molecule is O=C(NCCc1ccccc1)c1cn(CC2CCCO2)cc2c(=O)n(-c3ccccc3)nc1-2. The van der Waals surface area contributed by atoms with Gasteiger partial charge in [-0.05, 0) is 37.0 Å². The lowest BCUT2D eigenvalue weighted by atomic mass is 10.1. The van der Waals surface area contributed by atoms with Crippen molar-refractivity contribution >= 4 is 5.91 Å². The zero-order valence-electron chi connectivity index (χ0n) is 18.3. The van der Waals surface area contributed by atoms with Crippen molar-refractivity contribution in [2.75, 3.05) is 13.2 Å². The highest BCUT2D eigenvalue weighted by Gasteiger charge is 2.25. The minimum absolute atomic E-state index is 0.0840. The van der Waals surface area contributed by atoms with Crippen molar-refractivity contribution in [2.45, 2.75) is 31.9 Å². The number of hydrogen-bond acceptors (Lipinski definition) is 4. The molecule has 5 rings (SSSR count). The van der Waals surface area contributed by atoms with Crippen LogP contribution in [-0.2, 0) is 17.7 Å². The Morgan fingerprint density at radius 2 is 1.82 bits per heavy atom. The largest absolute Gasteiger partial charge is 0.376 e. The van der Waals surface area contributed by atoms with Crippen LogP contribution >= 0.6 is 0 Å². The number of rotatable bonds is 7. The summed E-state index contributed by atoms with van der Waals surface area (Å²) < 4.78 is 9.02. The van der Waals surface area contributed by atoms with Gasteiger partial charge in [-0.2, -0.15) is 9.78 Å². The average molecular weight is 443 g/mol. The molecule has 3 aliphatic heterocycles. The number of fused-ring (bicyclic) bond motifs is 1. The second-order valence-corrected chi connectivity index (χ2v) is 8.31. The number of ether oxygens (including phenoxy) is 1. The van der Waals surface area contributed by atoms with Gasteiger partial charge in [-0.3, -0.25) is 9.59 Å². The highest BCUT2D eigenvalue weighted by molar-refractivity contribution is 5.99. The lowest BCUT2D eigenvalue weighted by Gasteiger charge is -2.16. The second kappa shape index (κ2) is 9.42. The maximum atomic E-state index is 13.2. The topological polar surface area (TPSA) is 78.2 Å². The molecule has 33 heavy (non-hydrogen) atoms. The molecule has 0 aromatic heterocycles. The molecule has 0 saturated carbocycles. The standard InChI is InChI=1S/C26H26N4O3/c31-25(27-14-13-19-8-3-1-4-9-19)22-17-29(16-21-12-7-15-33-21)18-23-24(22)28-30(26(23)32)20-10-5-2-6-11-20/h1-6,8-11,17-18,21H,7,12-16H2,(H,27,31). The van der Waals surface area contributed by atoms with E-state index in [1.807, 2.05) is 65.2 Å². The molecule has 7 nitrogen and oxygen atoms in total. The molecule has 2 aromatic carbocycles. The lowest BCUT2D eigenvalue weighted by Crippen LogP contribution is -2.28. The molecule has 1 unspecified atom stereocenters. The van der Waals surface area contributed by atoms with Crippen molar-refractivity contribution in [3.8, 4) is 16.9 Å². The molecule has 2 aromatic rings. The summed E-state index contributed by atoms with van der Waals surface area (Å²) in [6.07, 6.45) is 6.37. The minimum Gasteiger partial charge on any atom is -0.376 e. The maximum Gasteiger partial charge on any atom is 0.282 e. The van der Waals surface area contributed by atoms with E-state index in [2.05, 4.69) is 10.4 Å². The van der Waals surface area contributed by atoms with E-state index in [0.29, 0.717) is 35.6 Å². The van der Waals surface area contributed by atoms with Gasteiger partial charge < -0.3 is 14.6 Å². The molecule has 168 valence electrons. The molecule has 1 atom stereocenters. The summed E-state index contributed by atoms with van der Waals surface area (Å²) in [5, 5.41) is 7.54. The summed E-state index contributed by atoms with van der Waals surface area (Å²) >= 11 is 0. The summed E-state index contributed by atoms with van der Waals surface area (Å²) in [5.74, 6) is -0.240. The van der Waals surface area contributed by atoms with E-state index in [0.717, 1.165) is 31.4 Å². The number of pyridine rings is 1. The number of amides is 1. The molecule has 0 bridgehead atoms. The Balaban J connectivity index is 1.47. The van der Waals surface area contributed by atoms with Gasteiger partial charge in [-0.1, -0.05) is 48.5 Å². The van der Waals surface area contributed by atoms with Gasteiger partial charge in [0, 0.05) is 32.1 Å². The van der Waals surface area contributed by atoms with Crippen molar-refractivity contribution < 1.29 is 9.53 Å². The molecule has 1 N–H and O–H groups in total. The van der Waals surface area contributed by atoms with Crippen molar-refractivity contribution in [1.29, 1.82) is 0 Å². The number of benzene rings is 2. The first-order chi connectivity index (χ1) is 16.2. The van der Waals surface area contributed by atoms with E-state index in [1.165, 1.54) is 4.68 Å². The molecule has 1 fully saturated rings. The van der Waals surface area contributed by atoms with E-state index >= 15 is 0 Å². The van der Waals surface area contributed by atoms with Crippen molar-refractivity contribution in [1.82, 2.24) is 19.7 Å². The fourth-order valence-corrected chi connectivity index (χ4v) is 4.26. The third-order valence-electron chi connectivity index (χ3n) is 5.95. The second-order valence-electron chi connectivity index (χ2n) is 8.31. The first kappa shape index (κ1) is 21.2. The number of nitrogens with zero attached hydrogens (tertiary/aromatic N) is 3. The van der Waals surface area contributed by atoms with Gasteiger partial charge >= 0.3 is 0 Å². The highest BCUT2D eigenvalue weighted by Crippen LogP contribution is 2.24. The first-order valence-corrected chi connectivity index (χ1v) is 11.3. The monoisotopic (exact) mass is 442 g/mol. The Hall–Kier alpha value is -3.71. The zero-order valence-corrected chi connectivity index (χ0v) is 18.3. The Bertz CT molecular complexity index is 1260. The summed E-state index contributed by atoms with van der Waals surface area (Å²) in [4.78, 5) is 26.4. The Labute approximate surface area is 192 Å². The summed E-state index contributed by atoms with van der Waals surface area (Å²) in [7, 11) is 0. The van der Waals surface area contributed by atoms with Crippen LogP contribution in [0, 0.1) is 0 Å². The fraction of sp³-hybridized carbons (Fsp3) is 0.269. The van der Waals surface area contributed by atoms with Gasteiger partial charge in [0.2, 0.25) is 0 Å². The average Bonchev–Trinajstić information content (AvgIpc) is 3.48. The van der Waals surface area contributed by atoms with Crippen molar-refractivity contribution in [2.24, 2.45) is 0 Å². The predicted molar refractivity (Wildman–Crippen MR) is 126 cm³/mol. The quantitative estimate of drug-likeness (QED) is 0.476. The Morgan fingerprint density at radius 3 is 2.55 bits per heavy atom. The molecule has 0 radical (unpaired) electrons. The van der Waals surface area contributed by atoms with Crippen LogP contribution in [0.4, 0.5) is 0 Å². The number of nitrogens with one attached hydrogen (secondary N) is 1. The normalized spacial score (nSPS) is 15.7. The molecule has 3 heterocycles. The summed E-state index contributed by atoms with van der Waals surface area (Å²) in [6, 6.07) is 19.3. The van der Waals surface area contributed by atoms with E-state index in [-0.39, 0.29) is 17.6 Å². The summed E-state index contributed by atoms with van der Waals surface area (Å²) in [6.45, 7) is 1.84. The van der Waals surface area contributed by atoms with Crippen LogP contribution in [0.3, 0.4) is 0 Å². The summed E-state index contributed by atoms with van der Waals surface area (Å²) in [5.41, 5.74) is 2.80. The van der Waals surface area contributed by atoms with Crippen molar-refractivity contribution in [3.63, 3.8) is 0 Å². The smallest absolute Gasteiger partial charge is 0.282 e. The molecule has 0 spiro atoms. The van der Waals surface area contributed by atoms with Crippen LogP contribution in [0.2, 0.25) is 0 Å². The number of carbonyl (C=O) groups is 1. The number of para-hydroxylation sites is 1. The molecular weight excluding hydrogens is 416 g/mol. The first-order valence-electron chi connectivity index (χ1n) is 11.3. The third-order valence-corrected chi connectivity index (χ3v) is 5.95. The Morgan fingerprint density at radius 1 is 1.06 bits per heavy atom. The van der Waals surface area contributed by atoms with Crippen LogP contribution < -0.4 is 10.9 Å². The number of carbonyl (C=O) groups excluding carboxylic acids is 1. The van der Waals surface area contributed by atoms with Crippen LogP contribution in [0.5, 0.6) is 0 Å². The molecule has 0 aliphatic carbocycles. The third kappa shape index (κ3) is 4.59. The van der Waals surface area contributed by atoms with Gasteiger partial charge in [0.05, 0.1) is 22.9 Å². The molecule has 7 heteroatoms. The van der Waals surface area contributed by atoms with E-state index in [1.54, 1.807) is 12.4 Å². The minimum atomic E-state index is -0.240. The zero-order chi connectivity index (χ0) is 22.6. The molecule has 1 saturated heterocycles.